The molecule has 0 radical (unpaired) electrons. The van der Waals surface area contributed by atoms with Crippen LogP contribution in [0.5, 0.6) is 17.2 Å². The molecule has 0 aliphatic rings. The second-order valence-electron chi connectivity index (χ2n) is 22.9. The number of carbonyl (C=O) groups is 8. The number of alkyl carbamates (subject to hydrolysis) is 2. The van der Waals surface area contributed by atoms with Crippen molar-refractivity contribution in [1.29, 1.82) is 0 Å². The highest BCUT2D eigenvalue weighted by Crippen LogP contribution is 2.37. The van der Waals surface area contributed by atoms with Gasteiger partial charge < -0.3 is 54.6 Å². The SMILES string of the molecule is CC(C)(C)OC(=O)N[C@@H](CS)C(=O)O.CC(C)c1cccc(C(C)C)c1OC(=O)CCl.CC(C)c1cccc(C(C)C)c1OC(=O)COC(=O)[C@@H](N)CS.CC(C)c1cccc(C(C)C)c1OC(=O)COC(=O)[C@H](CS)NC(=O)OC(C)(C)C.Cl.Cl. The van der Waals surface area contributed by atoms with E-state index >= 15 is 0 Å². The average molecular weight is 1330 g/mol. The van der Waals surface area contributed by atoms with Crippen LogP contribution >= 0.6 is 74.3 Å². The van der Waals surface area contributed by atoms with Crippen molar-refractivity contribution in [2.75, 3.05) is 36.4 Å². The molecule has 5 N–H and O–H groups in total. The van der Waals surface area contributed by atoms with Crippen molar-refractivity contribution in [3.05, 3.63) is 88.0 Å². The molecule has 25 heteroatoms. The number of benzene rings is 3. The van der Waals surface area contributed by atoms with Crippen molar-refractivity contribution in [3.63, 3.8) is 0 Å². The number of hydrogen-bond donors (Lipinski definition) is 7. The minimum atomic E-state index is -1.13. The molecule has 0 fully saturated rings. The van der Waals surface area contributed by atoms with Gasteiger partial charge in [0.15, 0.2) is 13.2 Å². The number of carboxylic acids is 1. The highest BCUT2D eigenvalue weighted by Gasteiger charge is 2.28. The monoisotopic (exact) mass is 1330 g/mol. The summed E-state index contributed by atoms with van der Waals surface area (Å²) in [6.07, 6.45) is -1.52. The Morgan fingerprint density at radius 3 is 0.977 bits per heavy atom. The van der Waals surface area contributed by atoms with Gasteiger partial charge in [-0.3, -0.25) is 9.59 Å². The van der Waals surface area contributed by atoms with Crippen molar-refractivity contribution in [1.82, 2.24) is 10.6 Å². The van der Waals surface area contributed by atoms with Crippen LogP contribution in [0.25, 0.3) is 0 Å². The van der Waals surface area contributed by atoms with Crippen LogP contribution in [0.2, 0.25) is 0 Å². The molecule has 0 spiro atoms. The van der Waals surface area contributed by atoms with Crippen molar-refractivity contribution >= 4 is 122 Å². The molecule has 3 aromatic carbocycles. The fourth-order valence-electron chi connectivity index (χ4n) is 7.04. The van der Waals surface area contributed by atoms with Gasteiger partial charge in [-0.05, 0) is 110 Å². The number of alkyl halides is 1. The normalized spacial score (nSPS) is 12.0. The smallest absolute Gasteiger partial charge is 0.408 e. The maximum Gasteiger partial charge on any atom is 0.408 e. The lowest BCUT2D eigenvalue weighted by Crippen LogP contribution is -2.45. The van der Waals surface area contributed by atoms with E-state index in [1.54, 1.807) is 41.5 Å². The Bertz CT molecular complexity index is 2550. The molecule has 0 aromatic heterocycles. The van der Waals surface area contributed by atoms with Crippen molar-refractivity contribution in [3.8, 4) is 17.2 Å². The number of rotatable bonds is 22. The first kappa shape index (κ1) is 85.1. The molecule has 3 rings (SSSR count). The molecule has 0 saturated carbocycles. The molecule has 0 aliphatic heterocycles. The first-order chi connectivity index (χ1) is 38.9. The van der Waals surface area contributed by atoms with E-state index < -0.39 is 90.5 Å². The lowest BCUT2D eigenvalue weighted by atomic mass is 9.94. The third-order valence-corrected chi connectivity index (χ3v) is 12.6. The lowest BCUT2D eigenvalue weighted by Gasteiger charge is -2.22. The Hall–Kier alpha value is -5.10. The predicted molar refractivity (Wildman–Crippen MR) is 351 cm³/mol. The number of esters is 5. The molecule has 2 amide bonds. The summed E-state index contributed by atoms with van der Waals surface area (Å²) in [5.74, 6) is -1.21. The molecule has 0 saturated heterocycles. The number of thiol groups is 3. The van der Waals surface area contributed by atoms with E-state index in [2.05, 4.69) is 76.2 Å². The maximum atomic E-state index is 12.4. The molecule has 0 bridgehead atoms. The summed E-state index contributed by atoms with van der Waals surface area (Å²) in [7, 11) is 0. The Kier molecular flexibility index (Phi) is 41.5. The number of ether oxygens (including phenoxy) is 7. The van der Waals surface area contributed by atoms with Gasteiger partial charge >= 0.3 is 48.0 Å². The predicted octanol–water partition coefficient (Wildman–Crippen LogP) is 12.7. The minimum Gasteiger partial charge on any atom is -0.480 e. The van der Waals surface area contributed by atoms with Crippen LogP contribution in [0.1, 0.15) is 194 Å². The first-order valence-electron chi connectivity index (χ1n) is 27.6. The van der Waals surface area contributed by atoms with E-state index in [9.17, 15) is 38.4 Å². The largest absolute Gasteiger partial charge is 0.480 e. The van der Waals surface area contributed by atoms with Crippen molar-refractivity contribution in [2.24, 2.45) is 5.73 Å². The molecule has 3 atom stereocenters. The number of nitrogens with one attached hydrogen (secondary N) is 2. The molecule has 3 aromatic rings. The first-order valence-corrected chi connectivity index (χ1v) is 30.0. The summed E-state index contributed by atoms with van der Waals surface area (Å²) in [6.45, 7) is 33.6. The summed E-state index contributed by atoms with van der Waals surface area (Å²) < 4.78 is 36.3. The van der Waals surface area contributed by atoms with Gasteiger partial charge in [-0.25, -0.2) is 28.8 Å². The fraction of sp³-hybridized carbons (Fsp3) is 0.574. The van der Waals surface area contributed by atoms with E-state index in [1.165, 1.54) is 0 Å². The van der Waals surface area contributed by atoms with Crippen LogP contribution in [0.3, 0.4) is 0 Å². The van der Waals surface area contributed by atoms with Crippen LogP contribution in [0, 0.1) is 0 Å². The van der Waals surface area contributed by atoms with Crippen LogP contribution in [-0.4, -0.2) is 119 Å². The summed E-state index contributed by atoms with van der Waals surface area (Å²) in [5, 5.41) is 13.2. The molecule has 19 nitrogen and oxygen atoms in total. The summed E-state index contributed by atoms with van der Waals surface area (Å²) in [5.41, 5.74) is 9.94. The topological polar surface area (TPSA) is 271 Å². The second-order valence-corrected chi connectivity index (χ2v) is 24.2. The molecule has 0 heterocycles. The zero-order chi connectivity index (χ0) is 65.0. The zero-order valence-electron chi connectivity index (χ0n) is 52.8. The van der Waals surface area contributed by atoms with Gasteiger partial charge in [0.05, 0.1) is 0 Å². The van der Waals surface area contributed by atoms with Gasteiger partial charge in [0, 0.05) is 17.3 Å². The van der Waals surface area contributed by atoms with E-state index in [-0.39, 0.29) is 71.6 Å². The third kappa shape index (κ3) is 32.8. The zero-order valence-corrected chi connectivity index (χ0v) is 57.9. The van der Waals surface area contributed by atoms with E-state index in [4.69, 9.17) is 55.6 Å². The highest BCUT2D eigenvalue weighted by atomic mass is 35.5. The Balaban J connectivity index is -0.00000110. The lowest BCUT2D eigenvalue weighted by molar-refractivity contribution is -0.154. The average Bonchev–Trinajstić information content (AvgIpc) is 1.54. The van der Waals surface area contributed by atoms with E-state index in [1.807, 2.05) is 110 Å². The third-order valence-electron chi connectivity index (χ3n) is 11.2. The van der Waals surface area contributed by atoms with Gasteiger partial charge in [0.25, 0.3) is 0 Å². The molecule has 0 aliphatic carbocycles. The van der Waals surface area contributed by atoms with Gasteiger partial charge in [0.2, 0.25) is 0 Å². The van der Waals surface area contributed by atoms with Gasteiger partial charge in [0.1, 0.15) is 52.5 Å². The quantitative estimate of drug-likeness (QED) is 0.0162. The number of aliphatic carboxylic acids is 1. The molecular weight excluding hydrogens is 1230 g/mol. The number of halogens is 3. The Morgan fingerprint density at radius 2 is 0.744 bits per heavy atom. The molecule has 0 unspecified atom stereocenters. The van der Waals surface area contributed by atoms with Crippen molar-refractivity contribution < 1.29 is 76.6 Å². The summed E-state index contributed by atoms with van der Waals surface area (Å²) in [6, 6.07) is 14.6. The van der Waals surface area contributed by atoms with Crippen LogP contribution in [0.4, 0.5) is 9.59 Å². The molecule has 488 valence electrons. The number of nitrogens with two attached hydrogens (primary N) is 1. The van der Waals surface area contributed by atoms with Gasteiger partial charge in [-0.1, -0.05) is 138 Å². The maximum absolute atomic E-state index is 12.4. The number of carbonyl (C=O) groups excluding carboxylic acids is 7. The minimum absolute atomic E-state index is 0. The number of carboxylic acid groups (broad SMARTS) is 1. The number of para-hydroxylation sites is 3. The Labute approximate surface area is 543 Å². The fourth-order valence-corrected chi connectivity index (χ4v) is 7.73. The number of hydrogen-bond acceptors (Lipinski definition) is 19. The van der Waals surface area contributed by atoms with E-state index in [0.717, 1.165) is 33.4 Å². The second kappa shape index (κ2) is 41.9. The highest BCUT2D eigenvalue weighted by molar-refractivity contribution is 7.80. The van der Waals surface area contributed by atoms with Gasteiger partial charge in [-0.2, -0.15) is 37.9 Å². The standard InChI is InChI=1S/C22H33NO6S.C17H25NO4S.C14H19ClO2.C8H15NO4S.2ClH/c1-13(2)15-9-8-10-16(14(3)4)19(15)28-18(24)11-27-20(25)17(12-30)23-21(26)29-22(5,6)7;1-10(2)12-6-5-7-13(11(3)4)16(12)22-15(19)8-21-17(20)14(18)9-23;1-9(2)11-6-5-7-12(10(3)4)14(11)17-13(16)8-15;1-8(2,3)13-7(12)9-5(4-14)6(10)11;;/h8-10,13-14,17,30H,11-12H2,1-7H3,(H,23,26);5-7,10-11,14,23H,8-9,18H2,1-4H3;5-7,9-10H,8H2,1-4H3;5,14H,4H2,1-3H3,(H,9,12)(H,10,11);2*1H/t17-;14-;;5-;;/m00.0../s1. The summed E-state index contributed by atoms with van der Waals surface area (Å²) in [4.78, 5) is 92.9. The Morgan fingerprint density at radius 1 is 0.477 bits per heavy atom. The van der Waals surface area contributed by atoms with Crippen LogP contribution in [-0.2, 0) is 47.7 Å². The van der Waals surface area contributed by atoms with E-state index in [0.29, 0.717) is 29.1 Å². The molecule has 86 heavy (non-hydrogen) atoms. The van der Waals surface area contributed by atoms with Crippen LogP contribution in [0.15, 0.2) is 54.6 Å². The van der Waals surface area contributed by atoms with Crippen LogP contribution < -0.4 is 30.6 Å². The van der Waals surface area contributed by atoms with Gasteiger partial charge in [-0.15, -0.1) is 36.4 Å². The number of amides is 2. The van der Waals surface area contributed by atoms with Crippen molar-refractivity contribution in [2.45, 2.75) is 189 Å². The molecular formula is C61H94Cl3N3O16S3. The summed E-state index contributed by atoms with van der Waals surface area (Å²) >= 11 is 17.2.